The maximum absolute atomic E-state index is 11.1. The number of unbranched alkanes of at least 4 members (excludes halogenated alkanes) is 4. The van der Waals surface area contributed by atoms with E-state index in [0.29, 0.717) is 12.9 Å². The number of rotatable bonds is 10. The van der Waals surface area contributed by atoms with Crippen molar-refractivity contribution in [3.8, 4) is 0 Å². The molecule has 0 aliphatic heterocycles. The van der Waals surface area contributed by atoms with E-state index in [-0.39, 0.29) is 0 Å². The van der Waals surface area contributed by atoms with Crippen LogP contribution in [0.25, 0.3) is 0 Å². The van der Waals surface area contributed by atoms with Crippen molar-refractivity contribution in [2.45, 2.75) is 44.6 Å². The fraction of sp³-hybridized carbons (Fsp3) is 0.667. The Balaban J connectivity index is 3.63. The van der Waals surface area contributed by atoms with Crippen molar-refractivity contribution in [3.63, 3.8) is 0 Å². The van der Waals surface area contributed by atoms with E-state index < -0.39 is 12.1 Å². The molecule has 0 amide bonds. The Morgan fingerprint density at radius 2 is 2.00 bits per heavy atom. The standard InChI is InChI=1S/C12H20O4/c1-3-4-5-6-7-8-9-11(16-10-13)12(14)15-2/h3,10-11H,1,4-9H2,2H3. The van der Waals surface area contributed by atoms with Gasteiger partial charge in [0.25, 0.3) is 6.47 Å². The van der Waals surface area contributed by atoms with E-state index in [0.717, 1.165) is 32.1 Å². The van der Waals surface area contributed by atoms with Crippen LogP contribution in [-0.2, 0) is 19.1 Å². The van der Waals surface area contributed by atoms with Gasteiger partial charge < -0.3 is 9.47 Å². The molecule has 0 rings (SSSR count). The summed E-state index contributed by atoms with van der Waals surface area (Å²) in [7, 11) is 1.29. The molecule has 4 nitrogen and oxygen atoms in total. The van der Waals surface area contributed by atoms with E-state index in [1.165, 1.54) is 7.11 Å². The number of carbonyl (C=O) groups excluding carboxylic acids is 2. The molecule has 4 heteroatoms. The van der Waals surface area contributed by atoms with Crippen LogP contribution in [-0.4, -0.2) is 25.7 Å². The minimum absolute atomic E-state index is 0.291. The van der Waals surface area contributed by atoms with Crippen LogP contribution in [0.3, 0.4) is 0 Å². The highest BCUT2D eigenvalue weighted by Gasteiger charge is 2.19. The molecule has 0 aromatic rings. The highest BCUT2D eigenvalue weighted by atomic mass is 16.6. The average molecular weight is 228 g/mol. The van der Waals surface area contributed by atoms with Crippen LogP contribution in [0.1, 0.15) is 38.5 Å². The Bertz CT molecular complexity index is 213. The molecule has 0 saturated carbocycles. The molecule has 0 aliphatic carbocycles. The third kappa shape index (κ3) is 7.04. The van der Waals surface area contributed by atoms with Crippen LogP contribution >= 0.6 is 0 Å². The van der Waals surface area contributed by atoms with E-state index in [2.05, 4.69) is 16.1 Å². The second kappa shape index (κ2) is 10.2. The Hall–Kier alpha value is -1.32. The van der Waals surface area contributed by atoms with Gasteiger partial charge in [-0.1, -0.05) is 18.9 Å². The molecule has 1 unspecified atom stereocenters. The summed E-state index contributed by atoms with van der Waals surface area (Å²) in [4.78, 5) is 21.3. The van der Waals surface area contributed by atoms with Crippen LogP contribution in [0.15, 0.2) is 12.7 Å². The van der Waals surface area contributed by atoms with Gasteiger partial charge in [0.15, 0.2) is 6.10 Å². The number of carbonyl (C=O) groups is 2. The molecule has 0 heterocycles. The molecular weight excluding hydrogens is 208 g/mol. The van der Waals surface area contributed by atoms with Crippen LogP contribution in [0.4, 0.5) is 0 Å². The number of methoxy groups -OCH3 is 1. The lowest BCUT2D eigenvalue weighted by atomic mass is 10.1. The molecular formula is C12H20O4. The predicted octanol–water partition coefficient (Wildman–Crippen LogP) is 2.23. The zero-order chi connectivity index (χ0) is 12.2. The van der Waals surface area contributed by atoms with Crippen molar-refractivity contribution in [1.82, 2.24) is 0 Å². The van der Waals surface area contributed by atoms with Gasteiger partial charge in [0, 0.05) is 0 Å². The van der Waals surface area contributed by atoms with Crippen molar-refractivity contribution in [1.29, 1.82) is 0 Å². The second-order valence-corrected chi connectivity index (χ2v) is 3.52. The molecule has 0 aliphatic rings. The molecule has 0 bridgehead atoms. The van der Waals surface area contributed by atoms with Gasteiger partial charge in [-0.2, -0.15) is 0 Å². The van der Waals surface area contributed by atoms with Crippen molar-refractivity contribution in [2.75, 3.05) is 7.11 Å². The molecule has 0 aromatic heterocycles. The lowest BCUT2D eigenvalue weighted by Gasteiger charge is -2.11. The zero-order valence-corrected chi connectivity index (χ0v) is 9.81. The zero-order valence-electron chi connectivity index (χ0n) is 9.81. The fourth-order valence-electron chi connectivity index (χ4n) is 1.41. The van der Waals surface area contributed by atoms with E-state index in [1.807, 2.05) is 6.08 Å². The average Bonchev–Trinajstić information content (AvgIpc) is 2.31. The number of esters is 1. The quantitative estimate of drug-likeness (QED) is 0.249. The lowest BCUT2D eigenvalue weighted by molar-refractivity contribution is -0.159. The van der Waals surface area contributed by atoms with Crippen molar-refractivity contribution >= 4 is 12.4 Å². The molecule has 1 atom stereocenters. The number of allylic oxidation sites excluding steroid dienone is 1. The van der Waals surface area contributed by atoms with Crippen LogP contribution in [0.2, 0.25) is 0 Å². The first-order valence-electron chi connectivity index (χ1n) is 5.54. The summed E-state index contributed by atoms with van der Waals surface area (Å²) >= 11 is 0. The molecule has 0 saturated heterocycles. The van der Waals surface area contributed by atoms with E-state index in [9.17, 15) is 9.59 Å². The summed E-state index contributed by atoms with van der Waals surface area (Å²) in [6.45, 7) is 3.94. The number of hydrogen-bond acceptors (Lipinski definition) is 4. The molecule has 16 heavy (non-hydrogen) atoms. The van der Waals surface area contributed by atoms with Crippen molar-refractivity contribution < 1.29 is 19.1 Å². The Kier molecular flexibility index (Phi) is 9.36. The first kappa shape index (κ1) is 14.7. The normalized spacial score (nSPS) is 11.6. The predicted molar refractivity (Wildman–Crippen MR) is 60.9 cm³/mol. The van der Waals surface area contributed by atoms with Crippen molar-refractivity contribution in [2.24, 2.45) is 0 Å². The summed E-state index contributed by atoms with van der Waals surface area (Å²) in [6, 6.07) is 0. The lowest BCUT2D eigenvalue weighted by Crippen LogP contribution is -2.25. The number of hydrogen-bond donors (Lipinski definition) is 0. The van der Waals surface area contributed by atoms with Gasteiger partial charge in [-0.15, -0.1) is 6.58 Å². The summed E-state index contributed by atoms with van der Waals surface area (Å²) in [5.41, 5.74) is 0. The third-order valence-corrected chi connectivity index (χ3v) is 2.31. The smallest absolute Gasteiger partial charge is 0.347 e. The number of ether oxygens (including phenoxy) is 2. The monoisotopic (exact) mass is 228 g/mol. The van der Waals surface area contributed by atoms with E-state index >= 15 is 0 Å². The molecule has 0 fully saturated rings. The second-order valence-electron chi connectivity index (χ2n) is 3.52. The maximum Gasteiger partial charge on any atom is 0.347 e. The van der Waals surface area contributed by atoms with E-state index in [4.69, 9.17) is 0 Å². The fourth-order valence-corrected chi connectivity index (χ4v) is 1.41. The van der Waals surface area contributed by atoms with Crippen LogP contribution in [0, 0.1) is 0 Å². The van der Waals surface area contributed by atoms with Gasteiger partial charge in [0.05, 0.1) is 7.11 Å². The van der Waals surface area contributed by atoms with Gasteiger partial charge in [-0.05, 0) is 25.7 Å². The van der Waals surface area contributed by atoms with Gasteiger partial charge in [0.2, 0.25) is 0 Å². The largest absolute Gasteiger partial charge is 0.466 e. The summed E-state index contributed by atoms with van der Waals surface area (Å²) in [6.07, 6.45) is 6.77. The van der Waals surface area contributed by atoms with Crippen molar-refractivity contribution in [3.05, 3.63) is 12.7 Å². The Morgan fingerprint density at radius 1 is 1.31 bits per heavy atom. The summed E-state index contributed by atoms with van der Waals surface area (Å²) in [5.74, 6) is -0.488. The molecule has 92 valence electrons. The molecule has 0 spiro atoms. The Labute approximate surface area is 96.6 Å². The van der Waals surface area contributed by atoms with E-state index in [1.54, 1.807) is 0 Å². The topological polar surface area (TPSA) is 52.6 Å². The minimum atomic E-state index is -0.748. The maximum atomic E-state index is 11.1. The highest BCUT2D eigenvalue weighted by molar-refractivity contribution is 5.75. The van der Waals surface area contributed by atoms with Crippen LogP contribution in [0.5, 0.6) is 0 Å². The third-order valence-electron chi connectivity index (χ3n) is 2.31. The van der Waals surface area contributed by atoms with Crippen LogP contribution < -0.4 is 0 Å². The van der Waals surface area contributed by atoms with Gasteiger partial charge >= 0.3 is 5.97 Å². The Morgan fingerprint density at radius 3 is 2.56 bits per heavy atom. The first-order valence-corrected chi connectivity index (χ1v) is 5.54. The molecule has 0 radical (unpaired) electrons. The summed E-state index contributed by atoms with van der Waals surface area (Å²) < 4.78 is 9.18. The first-order chi connectivity index (χ1) is 7.76. The highest BCUT2D eigenvalue weighted by Crippen LogP contribution is 2.10. The van der Waals surface area contributed by atoms with Gasteiger partial charge in [0.1, 0.15) is 0 Å². The minimum Gasteiger partial charge on any atom is -0.466 e. The molecule has 0 N–H and O–H groups in total. The SMILES string of the molecule is C=CCCCCCCC(OC=O)C(=O)OC. The van der Waals surface area contributed by atoms with Gasteiger partial charge in [-0.25, -0.2) is 4.79 Å². The van der Waals surface area contributed by atoms with Gasteiger partial charge in [-0.3, -0.25) is 4.79 Å². The summed E-state index contributed by atoms with van der Waals surface area (Å²) in [5, 5.41) is 0. The molecule has 0 aromatic carbocycles.